The second kappa shape index (κ2) is 10.1. The topological polar surface area (TPSA) is 134 Å². The van der Waals surface area contributed by atoms with E-state index in [1.54, 1.807) is 6.07 Å². The molecule has 0 bridgehead atoms. The highest BCUT2D eigenvalue weighted by Gasteiger charge is 2.38. The Morgan fingerprint density at radius 2 is 2.06 bits per heavy atom. The number of nitriles is 1. The maximum Gasteiger partial charge on any atom is 0.471 e. The molecule has 4 rings (SSSR count). The van der Waals surface area contributed by atoms with Gasteiger partial charge in [0.1, 0.15) is 11.5 Å². The summed E-state index contributed by atoms with van der Waals surface area (Å²) in [5.74, 6) is -3.70. The standard InChI is InChI=1S/C22H16F4N6O4/c23-15-6-12(8-27)5-14(7-15)20(34)32-3-4-35-11-16(32)10-29-19(33)17-2-1-13(9-28-17)18-30-21(36-31-18)22(24,25)26/h1-2,5-7,9,16H,3-4,10-11H2,(H,29,33)/t16-/m0/s1. The number of morpholine rings is 1. The van der Waals surface area contributed by atoms with Gasteiger partial charge in [0.05, 0.1) is 30.9 Å². The zero-order valence-corrected chi connectivity index (χ0v) is 18.3. The number of carbonyl (C=O) groups excluding carboxylic acids is 2. The minimum absolute atomic E-state index is 0.00133. The van der Waals surface area contributed by atoms with E-state index in [9.17, 15) is 27.2 Å². The van der Waals surface area contributed by atoms with E-state index >= 15 is 0 Å². The van der Waals surface area contributed by atoms with E-state index in [1.165, 1.54) is 23.1 Å². The highest BCUT2D eigenvalue weighted by molar-refractivity contribution is 5.95. The number of ether oxygens (including phenoxy) is 1. The highest BCUT2D eigenvalue weighted by atomic mass is 19.4. The van der Waals surface area contributed by atoms with Gasteiger partial charge in [-0.2, -0.15) is 23.4 Å². The molecule has 0 radical (unpaired) electrons. The van der Waals surface area contributed by atoms with E-state index in [-0.39, 0.29) is 54.5 Å². The fourth-order valence-electron chi connectivity index (χ4n) is 3.45. The normalized spacial score (nSPS) is 15.9. The van der Waals surface area contributed by atoms with Crippen molar-refractivity contribution in [1.29, 1.82) is 5.26 Å². The first-order chi connectivity index (χ1) is 17.2. The molecule has 0 saturated carbocycles. The number of alkyl halides is 3. The number of nitrogens with one attached hydrogen (secondary N) is 1. The molecule has 1 aliphatic rings. The van der Waals surface area contributed by atoms with Crippen molar-refractivity contribution in [1.82, 2.24) is 25.3 Å². The first-order valence-corrected chi connectivity index (χ1v) is 10.4. The molecule has 3 heterocycles. The van der Waals surface area contributed by atoms with Crippen molar-refractivity contribution >= 4 is 11.8 Å². The summed E-state index contributed by atoms with van der Waals surface area (Å²) in [6, 6.07) is 7.12. The van der Waals surface area contributed by atoms with Gasteiger partial charge in [-0.15, -0.1) is 0 Å². The Hall–Kier alpha value is -4.38. The van der Waals surface area contributed by atoms with Crippen LogP contribution in [0.5, 0.6) is 0 Å². The average molecular weight is 504 g/mol. The number of aromatic nitrogens is 3. The summed E-state index contributed by atoms with van der Waals surface area (Å²) in [6.07, 6.45) is -3.67. The fraction of sp³-hybridized carbons (Fsp3) is 0.273. The lowest BCUT2D eigenvalue weighted by atomic mass is 10.1. The Morgan fingerprint density at radius 3 is 2.72 bits per heavy atom. The van der Waals surface area contributed by atoms with Gasteiger partial charge in [0.15, 0.2) is 0 Å². The molecule has 0 aliphatic carbocycles. The van der Waals surface area contributed by atoms with Crippen molar-refractivity contribution < 1.29 is 36.4 Å². The van der Waals surface area contributed by atoms with Crippen molar-refractivity contribution in [2.24, 2.45) is 0 Å². The molecule has 186 valence electrons. The number of halogens is 4. The van der Waals surface area contributed by atoms with Crippen LogP contribution in [-0.2, 0) is 10.9 Å². The van der Waals surface area contributed by atoms with Gasteiger partial charge in [-0.1, -0.05) is 5.16 Å². The third-order valence-corrected chi connectivity index (χ3v) is 5.18. The Kier molecular flexibility index (Phi) is 6.93. The largest absolute Gasteiger partial charge is 0.471 e. The van der Waals surface area contributed by atoms with Crippen molar-refractivity contribution in [2.75, 3.05) is 26.3 Å². The predicted molar refractivity (Wildman–Crippen MR) is 112 cm³/mol. The monoisotopic (exact) mass is 504 g/mol. The number of benzene rings is 1. The summed E-state index contributed by atoms with van der Waals surface area (Å²) < 4.78 is 61.2. The van der Waals surface area contributed by atoms with Crippen molar-refractivity contribution in [3.8, 4) is 17.5 Å². The maximum absolute atomic E-state index is 13.8. The minimum atomic E-state index is -4.79. The third-order valence-electron chi connectivity index (χ3n) is 5.18. The van der Waals surface area contributed by atoms with Crippen LogP contribution in [-0.4, -0.2) is 64.2 Å². The van der Waals surface area contributed by atoms with Crippen LogP contribution in [0.3, 0.4) is 0 Å². The summed E-state index contributed by atoms with van der Waals surface area (Å²) in [6.45, 7) is 0.521. The Labute approximate surface area is 200 Å². The Bertz CT molecular complexity index is 1320. The molecule has 2 aromatic heterocycles. The lowest BCUT2D eigenvalue weighted by molar-refractivity contribution is -0.159. The molecule has 0 unspecified atom stereocenters. The number of hydrogen-bond acceptors (Lipinski definition) is 8. The first-order valence-electron chi connectivity index (χ1n) is 10.4. The van der Waals surface area contributed by atoms with Gasteiger partial charge in [-0.05, 0) is 30.3 Å². The van der Waals surface area contributed by atoms with Crippen molar-refractivity contribution in [2.45, 2.75) is 12.2 Å². The second-order valence-corrected chi connectivity index (χ2v) is 7.63. The Morgan fingerprint density at radius 1 is 1.25 bits per heavy atom. The number of rotatable bonds is 5. The maximum atomic E-state index is 13.8. The molecule has 1 fully saturated rings. The van der Waals surface area contributed by atoms with Crippen LogP contribution < -0.4 is 5.32 Å². The van der Waals surface area contributed by atoms with Crippen LogP contribution in [0.2, 0.25) is 0 Å². The zero-order valence-electron chi connectivity index (χ0n) is 18.3. The van der Waals surface area contributed by atoms with Gasteiger partial charge in [0, 0.05) is 30.4 Å². The first kappa shape index (κ1) is 24.7. The molecular formula is C22H16F4N6O4. The van der Waals surface area contributed by atoms with E-state index in [1.807, 2.05) is 0 Å². The van der Waals surface area contributed by atoms with Gasteiger partial charge in [0.2, 0.25) is 5.82 Å². The summed E-state index contributed by atoms with van der Waals surface area (Å²) in [5, 5.41) is 14.9. The molecule has 1 atom stereocenters. The van der Waals surface area contributed by atoms with Gasteiger partial charge < -0.3 is 19.5 Å². The number of hydrogen-bond donors (Lipinski definition) is 1. The number of amides is 2. The van der Waals surface area contributed by atoms with Crippen LogP contribution in [0.4, 0.5) is 17.6 Å². The van der Waals surface area contributed by atoms with E-state index in [4.69, 9.17) is 10.00 Å². The lowest BCUT2D eigenvalue weighted by Crippen LogP contribution is -2.53. The third kappa shape index (κ3) is 5.47. The molecule has 1 aliphatic heterocycles. The van der Waals surface area contributed by atoms with E-state index in [0.29, 0.717) is 0 Å². The van der Waals surface area contributed by atoms with Gasteiger partial charge in [0.25, 0.3) is 11.8 Å². The van der Waals surface area contributed by atoms with Crippen LogP contribution in [0, 0.1) is 17.1 Å². The number of pyridine rings is 1. The molecule has 14 heteroatoms. The van der Waals surface area contributed by atoms with Crippen LogP contribution in [0.15, 0.2) is 41.1 Å². The highest BCUT2D eigenvalue weighted by Crippen LogP contribution is 2.29. The van der Waals surface area contributed by atoms with E-state index < -0.39 is 35.7 Å². The summed E-state index contributed by atoms with van der Waals surface area (Å²) in [4.78, 5) is 34.1. The number of carbonyl (C=O) groups is 2. The smallest absolute Gasteiger partial charge is 0.377 e. The van der Waals surface area contributed by atoms with Crippen LogP contribution in [0.1, 0.15) is 32.3 Å². The molecule has 1 aromatic carbocycles. The molecule has 1 N–H and O–H groups in total. The minimum Gasteiger partial charge on any atom is -0.377 e. The quantitative estimate of drug-likeness (QED) is 0.524. The fourth-order valence-corrected chi connectivity index (χ4v) is 3.45. The Balaban J connectivity index is 1.41. The lowest BCUT2D eigenvalue weighted by Gasteiger charge is -2.35. The molecule has 10 nitrogen and oxygen atoms in total. The molecule has 1 saturated heterocycles. The molecule has 3 aromatic rings. The van der Waals surface area contributed by atoms with Gasteiger partial charge in [-0.25, -0.2) is 4.39 Å². The second-order valence-electron chi connectivity index (χ2n) is 7.63. The van der Waals surface area contributed by atoms with Crippen LogP contribution >= 0.6 is 0 Å². The molecule has 36 heavy (non-hydrogen) atoms. The van der Waals surface area contributed by atoms with E-state index in [2.05, 4.69) is 25.0 Å². The average Bonchev–Trinajstić information content (AvgIpc) is 3.38. The summed E-state index contributed by atoms with van der Waals surface area (Å²) >= 11 is 0. The summed E-state index contributed by atoms with van der Waals surface area (Å²) in [7, 11) is 0. The van der Waals surface area contributed by atoms with Crippen LogP contribution in [0.25, 0.3) is 11.4 Å². The van der Waals surface area contributed by atoms with E-state index in [0.717, 1.165) is 18.3 Å². The van der Waals surface area contributed by atoms with Crippen molar-refractivity contribution in [3.63, 3.8) is 0 Å². The van der Waals surface area contributed by atoms with Crippen molar-refractivity contribution in [3.05, 3.63) is 65.1 Å². The molecule has 0 spiro atoms. The zero-order chi connectivity index (χ0) is 25.9. The molecular weight excluding hydrogens is 488 g/mol. The molecule has 2 amide bonds. The van der Waals surface area contributed by atoms with Gasteiger partial charge in [-0.3, -0.25) is 14.6 Å². The summed E-state index contributed by atoms with van der Waals surface area (Å²) in [5.41, 5.74) is 0.0605. The SMILES string of the molecule is N#Cc1cc(F)cc(C(=O)N2CCOC[C@@H]2CNC(=O)c2ccc(-c3noc(C(F)(F)F)n3)cn2)c1. The predicted octanol–water partition coefficient (Wildman–Crippen LogP) is 2.43. The van der Waals surface area contributed by atoms with Gasteiger partial charge >= 0.3 is 12.1 Å². The number of nitrogens with zero attached hydrogens (tertiary/aromatic N) is 5.